The molecule has 0 heterocycles. The van der Waals surface area contributed by atoms with Crippen molar-refractivity contribution in [3.05, 3.63) is 12.7 Å². The second-order valence-electron chi connectivity index (χ2n) is 8.62. The van der Waals surface area contributed by atoms with Gasteiger partial charge in [0.15, 0.2) is 8.32 Å². The SMILES string of the molecule is C=CC(CO[Si](C)(C)C(C)(C)C)C(NC(=O)OC(C)(C)C)C(=O)OC. The lowest BCUT2D eigenvalue weighted by atomic mass is 10.0. The van der Waals surface area contributed by atoms with E-state index >= 15 is 0 Å². The predicted molar refractivity (Wildman–Crippen MR) is 102 cm³/mol. The van der Waals surface area contributed by atoms with Gasteiger partial charge in [-0.1, -0.05) is 26.8 Å². The molecule has 2 unspecified atom stereocenters. The van der Waals surface area contributed by atoms with Gasteiger partial charge in [0.05, 0.1) is 7.11 Å². The molecule has 0 aliphatic rings. The van der Waals surface area contributed by atoms with Crippen molar-refractivity contribution in [2.45, 2.75) is 71.3 Å². The summed E-state index contributed by atoms with van der Waals surface area (Å²) in [7, 11) is -0.718. The Morgan fingerprint density at radius 1 is 1.16 bits per heavy atom. The summed E-state index contributed by atoms with van der Waals surface area (Å²) < 4.78 is 16.2. The molecule has 0 aromatic heterocycles. The van der Waals surface area contributed by atoms with Gasteiger partial charge in [-0.05, 0) is 38.9 Å². The van der Waals surface area contributed by atoms with Crippen molar-refractivity contribution in [3.8, 4) is 0 Å². The van der Waals surface area contributed by atoms with Crippen LogP contribution in [0.2, 0.25) is 18.1 Å². The molecule has 0 saturated heterocycles. The van der Waals surface area contributed by atoms with Crippen LogP contribution < -0.4 is 5.32 Å². The molecular weight excluding hydrogens is 338 g/mol. The van der Waals surface area contributed by atoms with E-state index in [0.29, 0.717) is 0 Å². The molecule has 0 fully saturated rings. The average molecular weight is 374 g/mol. The van der Waals surface area contributed by atoms with Crippen LogP contribution in [-0.2, 0) is 18.7 Å². The summed E-state index contributed by atoms with van der Waals surface area (Å²) in [6.45, 7) is 20.0. The monoisotopic (exact) mass is 373 g/mol. The van der Waals surface area contributed by atoms with Crippen molar-refractivity contribution >= 4 is 20.4 Å². The van der Waals surface area contributed by atoms with Crippen LogP contribution in [0.15, 0.2) is 12.7 Å². The Morgan fingerprint density at radius 2 is 1.68 bits per heavy atom. The number of amides is 1. The van der Waals surface area contributed by atoms with E-state index in [9.17, 15) is 9.59 Å². The molecule has 6 nitrogen and oxygen atoms in total. The van der Waals surface area contributed by atoms with Gasteiger partial charge < -0.3 is 19.2 Å². The number of hydrogen-bond donors (Lipinski definition) is 1. The number of methoxy groups -OCH3 is 1. The summed E-state index contributed by atoms with van der Waals surface area (Å²) in [5.74, 6) is -0.983. The van der Waals surface area contributed by atoms with E-state index in [1.54, 1.807) is 26.8 Å². The van der Waals surface area contributed by atoms with Crippen molar-refractivity contribution in [1.82, 2.24) is 5.32 Å². The summed E-state index contributed by atoms with van der Waals surface area (Å²) >= 11 is 0. The largest absolute Gasteiger partial charge is 0.467 e. The molecular formula is C18H35NO5Si. The van der Waals surface area contributed by atoms with Crippen LogP contribution >= 0.6 is 0 Å². The molecule has 25 heavy (non-hydrogen) atoms. The van der Waals surface area contributed by atoms with Crippen LogP contribution in [0.5, 0.6) is 0 Å². The third-order valence-corrected chi connectivity index (χ3v) is 8.80. The van der Waals surface area contributed by atoms with Gasteiger partial charge in [0.25, 0.3) is 0 Å². The van der Waals surface area contributed by atoms with Crippen LogP contribution in [0.4, 0.5) is 4.79 Å². The minimum absolute atomic E-state index is 0.0398. The summed E-state index contributed by atoms with van der Waals surface area (Å²) in [6, 6.07) is -0.915. The second kappa shape index (κ2) is 8.85. The Balaban J connectivity index is 5.18. The first-order valence-electron chi connectivity index (χ1n) is 8.48. The minimum atomic E-state index is -2.00. The molecule has 0 bridgehead atoms. The Labute approximate surface area is 153 Å². The summed E-state index contributed by atoms with van der Waals surface area (Å²) in [4.78, 5) is 24.2. The van der Waals surface area contributed by atoms with Crippen molar-refractivity contribution in [3.63, 3.8) is 0 Å². The molecule has 146 valence electrons. The third-order valence-electron chi connectivity index (χ3n) is 4.30. The highest BCUT2D eigenvalue weighted by molar-refractivity contribution is 6.74. The summed E-state index contributed by atoms with van der Waals surface area (Å²) in [6.07, 6.45) is 0.925. The van der Waals surface area contributed by atoms with E-state index < -0.39 is 37.9 Å². The van der Waals surface area contributed by atoms with E-state index in [1.807, 2.05) is 0 Å². The molecule has 0 rings (SSSR count). The van der Waals surface area contributed by atoms with Crippen LogP contribution in [0.1, 0.15) is 41.5 Å². The van der Waals surface area contributed by atoms with Gasteiger partial charge in [0.1, 0.15) is 11.6 Å². The maximum absolute atomic E-state index is 12.2. The molecule has 0 aromatic rings. The Morgan fingerprint density at radius 3 is 2.04 bits per heavy atom. The van der Waals surface area contributed by atoms with Gasteiger partial charge >= 0.3 is 12.1 Å². The first kappa shape index (κ1) is 23.7. The zero-order valence-corrected chi connectivity index (χ0v) is 18.2. The lowest BCUT2D eigenvalue weighted by molar-refractivity contribution is -0.144. The summed E-state index contributed by atoms with van der Waals surface area (Å²) in [5, 5.41) is 2.62. The highest BCUT2D eigenvalue weighted by atomic mass is 28.4. The van der Waals surface area contributed by atoms with Crippen LogP contribution in [-0.4, -0.2) is 45.7 Å². The van der Waals surface area contributed by atoms with Gasteiger partial charge in [-0.25, -0.2) is 9.59 Å². The maximum atomic E-state index is 12.2. The lowest BCUT2D eigenvalue weighted by Gasteiger charge is -2.37. The van der Waals surface area contributed by atoms with Crippen molar-refractivity contribution < 1.29 is 23.5 Å². The molecule has 1 amide bonds. The number of ether oxygens (including phenoxy) is 2. The van der Waals surface area contributed by atoms with Gasteiger partial charge in [-0.2, -0.15) is 0 Å². The average Bonchev–Trinajstić information content (AvgIpc) is 2.42. The number of carbonyl (C=O) groups excluding carboxylic acids is 2. The van der Waals surface area contributed by atoms with Gasteiger partial charge in [0, 0.05) is 12.5 Å². The molecule has 7 heteroatoms. The number of rotatable bonds is 7. The predicted octanol–water partition coefficient (Wildman–Crippen LogP) is 3.88. The highest BCUT2D eigenvalue weighted by Crippen LogP contribution is 2.37. The van der Waals surface area contributed by atoms with E-state index in [1.165, 1.54) is 7.11 Å². The fraction of sp³-hybridized carbons (Fsp3) is 0.778. The minimum Gasteiger partial charge on any atom is -0.467 e. The summed E-state index contributed by atoms with van der Waals surface area (Å²) in [5.41, 5.74) is -0.661. The zero-order valence-electron chi connectivity index (χ0n) is 17.2. The van der Waals surface area contributed by atoms with E-state index in [2.05, 4.69) is 45.8 Å². The Bertz CT molecular complexity index is 477. The quantitative estimate of drug-likeness (QED) is 0.416. The Kier molecular flexibility index (Phi) is 8.37. The molecule has 0 aliphatic carbocycles. The first-order chi connectivity index (χ1) is 11.1. The number of alkyl carbamates (subject to hydrolysis) is 1. The van der Waals surface area contributed by atoms with E-state index in [4.69, 9.17) is 13.9 Å². The Hall–Kier alpha value is -1.34. The third kappa shape index (κ3) is 8.05. The number of nitrogens with one attached hydrogen (secondary N) is 1. The second-order valence-corrected chi connectivity index (χ2v) is 13.4. The van der Waals surface area contributed by atoms with Crippen LogP contribution in [0.25, 0.3) is 0 Å². The van der Waals surface area contributed by atoms with Gasteiger partial charge in [-0.3, -0.25) is 0 Å². The van der Waals surface area contributed by atoms with E-state index in [0.717, 1.165) is 0 Å². The molecule has 0 saturated carbocycles. The van der Waals surface area contributed by atoms with Crippen molar-refractivity contribution in [2.75, 3.05) is 13.7 Å². The van der Waals surface area contributed by atoms with Crippen LogP contribution in [0, 0.1) is 5.92 Å². The van der Waals surface area contributed by atoms with Crippen molar-refractivity contribution in [1.29, 1.82) is 0 Å². The fourth-order valence-electron chi connectivity index (χ4n) is 1.72. The smallest absolute Gasteiger partial charge is 0.408 e. The molecule has 0 spiro atoms. The molecule has 0 radical (unpaired) electrons. The topological polar surface area (TPSA) is 73.9 Å². The highest BCUT2D eigenvalue weighted by Gasteiger charge is 2.39. The van der Waals surface area contributed by atoms with Crippen molar-refractivity contribution in [2.24, 2.45) is 5.92 Å². The molecule has 0 aromatic carbocycles. The standard InChI is InChI=1S/C18H35NO5Si/c1-11-13(12-23-25(9,10)18(5,6)7)14(15(20)22-8)19-16(21)24-17(2,3)4/h11,13-14H,1,12H2,2-10H3,(H,19,21). The first-order valence-corrected chi connectivity index (χ1v) is 11.4. The van der Waals surface area contributed by atoms with E-state index in [-0.39, 0.29) is 11.6 Å². The number of hydrogen-bond acceptors (Lipinski definition) is 5. The van der Waals surface area contributed by atoms with Gasteiger partial charge in [0.2, 0.25) is 0 Å². The molecule has 2 atom stereocenters. The molecule has 0 aliphatic heterocycles. The lowest BCUT2D eigenvalue weighted by Crippen LogP contribution is -2.50. The maximum Gasteiger partial charge on any atom is 0.408 e. The normalized spacial score (nSPS) is 15.1. The number of carbonyl (C=O) groups is 2. The zero-order chi connectivity index (χ0) is 20.1. The van der Waals surface area contributed by atoms with Crippen LogP contribution in [0.3, 0.4) is 0 Å². The van der Waals surface area contributed by atoms with Gasteiger partial charge in [-0.15, -0.1) is 6.58 Å². The molecule has 1 N–H and O–H groups in total. The fourth-order valence-corrected chi connectivity index (χ4v) is 2.77. The number of esters is 1.